The minimum atomic E-state index is -3.61. The number of sulfonamides is 1. The summed E-state index contributed by atoms with van der Waals surface area (Å²) in [6.07, 6.45) is -1.01. The van der Waals surface area contributed by atoms with Gasteiger partial charge in [0.15, 0.2) is 6.10 Å². The molecular formula is C21H23ClN2O6S2. The average Bonchev–Trinajstić information content (AvgIpc) is 2.79. The molecular weight excluding hydrogens is 476 g/mol. The van der Waals surface area contributed by atoms with E-state index in [9.17, 15) is 18.0 Å². The number of hydrogen-bond acceptors (Lipinski definition) is 7. The lowest BCUT2D eigenvalue weighted by atomic mass is 10.3. The van der Waals surface area contributed by atoms with Crippen molar-refractivity contribution < 1.29 is 27.5 Å². The van der Waals surface area contributed by atoms with Gasteiger partial charge in [0.1, 0.15) is 0 Å². The maximum Gasteiger partial charge on any atom is 0.317 e. The van der Waals surface area contributed by atoms with Gasteiger partial charge in [-0.2, -0.15) is 4.31 Å². The molecule has 2 aromatic rings. The van der Waals surface area contributed by atoms with E-state index in [1.807, 2.05) is 0 Å². The van der Waals surface area contributed by atoms with Gasteiger partial charge >= 0.3 is 5.97 Å². The van der Waals surface area contributed by atoms with Crippen LogP contribution in [0.15, 0.2) is 58.3 Å². The monoisotopic (exact) mass is 498 g/mol. The zero-order chi connectivity index (χ0) is 23.1. The first-order valence-corrected chi connectivity index (χ1v) is 12.6. The van der Waals surface area contributed by atoms with Crippen molar-refractivity contribution in [2.75, 3.05) is 37.4 Å². The molecule has 1 saturated heterocycles. The number of amides is 1. The number of nitrogens with one attached hydrogen (secondary N) is 1. The molecule has 1 amide bonds. The number of carbonyl (C=O) groups is 2. The molecule has 172 valence electrons. The van der Waals surface area contributed by atoms with Crippen molar-refractivity contribution in [2.24, 2.45) is 0 Å². The molecule has 32 heavy (non-hydrogen) atoms. The summed E-state index contributed by atoms with van der Waals surface area (Å²) in [5, 5.41) is 3.22. The summed E-state index contributed by atoms with van der Waals surface area (Å²) < 4.78 is 37.0. The Morgan fingerprint density at radius 3 is 2.38 bits per heavy atom. The molecule has 1 fully saturated rings. The van der Waals surface area contributed by atoms with Gasteiger partial charge in [0, 0.05) is 28.7 Å². The van der Waals surface area contributed by atoms with Crippen LogP contribution in [0.25, 0.3) is 0 Å². The van der Waals surface area contributed by atoms with E-state index >= 15 is 0 Å². The van der Waals surface area contributed by atoms with Crippen molar-refractivity contribution in [3.05, 3.63) is 53.6 Å². The number of carbonyl (C=O) groups excluding carboxylic acids is 2. The van der Waals surface area contributed by atoms with Crippen LogP contribution in [-0.2, 0) is 29.1 Å². The number of rotatable bonds is 8. The molecule has 0 radical (unpaired) electrons. The lowest BCUT2D eigenvalue weighted by Crippen LogP contribution is -2.40. The number of benzene rings is 2. The number of ether oxygens (including phenoxy) is 2. The van der Waals surface area contributed by atoms with Crippen molar-refractivity contribution in [3.63, 3.8) is 0 Å². The summed E-state index contributed by atoms with van der Waals surface area (Å²) in [6, 6.07) is 12.9. The zero-order valence-electron chi connectivity index (χ0n) is 17.3. The van der Waals surface area contributed by atoms with Crippen LogP contribution in [0.3, 0.4) is 0 Å². The molecule has 8 nitrogen and oxygen atoms in total. The molecule has 11 heteroatoms. The van der Waals surface area contributed by atoms with Gasteiger partial charge in [-0.3, -0.25) is 9.59 Å². The van der Waals surface area contributed by atoms with Gasteiger partial charge in [-0.15, -0.1) is 11.8 Å². The van der Waals surface area contributed by atoms with Gasteiger partial charge in [-0.05, 0) is 55.5 Å². The molecule has 2 aromatic carbocycles. The Balaban J connectivity index is 1.50. The Kier molecular flexibility index (Phi) is 8.55. The fourth-order valence-corrected chi connectivity index (χ4v) is 5.06. The van der Waals surface area contributed by atoms with Gasteiger partial charge in [0.05, 0.1) is 23.9 Å². The molecule has 1 atom stereocenters. The van der Waals surface area contributed by atoms with Gasteiger partial charge in [-0.1, -0.05) is 11.6 Å². The molecule has 0 saturated carbocycles. The SMILES string of the molecule is CC(OC(=O)CSc1ccc(Cl)cc1)C(=O)Nc1ccc(S(=O)(=O)N2CCOCC2)cc1. The Morgan fingerprint density at radius 2 is 1.75 bits per heavy atom. The minimum Gasteiger partial charge on any atom is -0.452 e. The molecule has 1 N–H and O–H groups in total. The average molecular weight is 499 g/mol. The predicted octanol–water partition coefficient (Wildman–Crippen LogP) is 3.02. The van der Waals surface area contributed by atoms with Crippen molar-refractivity contribution in [3.8, 4) is 0 Å². The van der Waals surface area contributed by atoms with Crippen LogP contribution in [-0.4, -0.2) is 62.8 Å². The molecule has 1 unspecified atom stereocenters. The third-order valence-corrected chi connectivity index (χ3v) is 7.73. The molecule has 1 heterocycles. The molecule has 1 aliphatic heterocycles. The third kappa shape index (κ3) is 6.69. The van der Waals surface area contributed by atoms with Crippen LogP contribution in [0.1, 0.15) is 6.92 Å². The summed E-state index contributed by atoms with van der Waals surface area (Å²) in [4.78, 5) is 25.4. The second-order valence-electron chi connectivity index (χ2n) is 6.90. The summed E-state index contributed by atoms with van der Waals surface area (Å²) in [5.41, 5.74) is 0.398. The number of morpholine rings is 1. The lowest BCUT2D eigenvalue weighted by Gasteiger charge is -2.26. The fourth-order valence-electron chi connectivity index (χ4n) is 2.85. The van der Waals surface area contributed by atoms with Crippen LogP contribution >= 0.6 is 23.4 Å². The Hall–Kier alpha value is -2.11. The first-order valence-electron chi connectivity index (χ1n) is 9.82. The van der Waals surface area contributed by atoms with E-state index in [4.69, 9.17) is 21.1 Å². The van der Waals surface area contributed by atoms with Gasteiger partial charge in [-0.25, -0.2) is 8.42 Å². The van der Waals surface area contributed by atoms with E-state index in [0.29, 0.717) is 37.0 Å². The van der Waals surface area contributed by atoms with E-state index in [0.717, 1.165) is 4.90 Å². The molecule has 0 aliphatic carbocycles. The summed E-state index contributed by atoms with van der Waals surface area (Å²) in [5.74, 6) is -0.994. The number of hydrogen-bond donors (Lipinski definition) is 1. The largest absolute Gasteiger partial charge is 0.452 e. The van der Waals surface area contributed by atoms with Crippen LogP contribution in [0.2, 0.25) is 5.02 Å². The quantitative estimate of drug-likeness (QED) is 0.441. The Morgan fingerprint density at radius 1 is 1.12 bits per heavy atom. The van der Waals surface area contributed by atoms with E-state index in [2.05, 4.69) is 5.32 Å². The minimum absolute atomic E-state index is 0.0490. The maximum absolute atomic E-state index is 12.6. The zero-order valence-corrected chi connectivity index (χ0v) is 19.7. The van der Waals surface area contributed by atoms with Crippen molar-refractivity contribution in [1.82, 2.24) is 4.31 Å². The Bertz CT molecular complexity index is 1040. The predicted molar refractivity (Wildman–Crippen MR) is 122 cm³/mol. The van der Waals surface area contributed by atoms with Crippen LogP contribution < -0.4 is 5.32 Å². The Labute approximate surface area is 196 Å². The molecule has 3 rings (SSSR count). The van der Waals surface area contributed by atoms with Gasteiger partial charge in [0.2, 0.25) is 10.0 Å². The maximum atomic E-state index is 12.6. The second-order valence-corrected chi connectivity index (χ2v) is 10.3. The van der Waals surface area contributed by atoms with Crippen molar-refractivity contribution >= 4 is 50.9 Å². The highest BCUT2D eigenvalue weighted by Crippen LogP contribution is 2.21. The van der Waals surface area contributed by atoms with Crippen molar-refractivity contribution in [1.29, 1.82) is 0 Å². The van der Waals surface area contributed by atoms with E-state index < -0.39 is 28.0 Å². The highest BCUT2D eigenvalue weighted by atomic mass is 35.5. The number of anilines is 1. The number of halogens is 1. The smallest absolute Gasteiger partial charge is 0.317 e. The fraction of sp³-hybridized carbons (Fsp3) is 0.333. The first-order chi connectivity index (χ1) is 15.3. The van der Waals surface area contributed by atoms with Crippen LogP contribution in [0.4, 0.5) is 5.69 Å². The second kappa shape index (κ2) is 11.2. The van der Waals surface area contributed by atoms with Crippen LogP contribution in [0, 0.1) is 0 Å². The van der Waals surface area contributed by atoms with Crippen molar-refractivity contribution in [2.45, 2.75) is 22.8 Å². The highest BCUT2D eigenvalue weighted by molar-refractivity contribution is 8.00. The van der Waals surface area contributed by atoms with Gasteiger partial charge in [0.25, 0.3) is 5.91 Å². The van der Waals surface area contributed by atoms with E-state index in [-0.39, 0.29) is 10.6 Å². The standard InChI is InChI=1S/C21H23ClN2O6S2/c1-15(30-20(25)14-31-18-6-2-16(22)3-7-18)21(26)23-17-4-8-19(9-5-17)32(27,28)24-10-12-29-13-11-24/h2-9,15H,10-14H2,1H3,(H,23,26). The summed E-state index contributed by atoms with van der Waals surface area (Å²) >= 11 is 7.11. The number of nitrogens with zero attached hydrogens (tertiary/aromatic N) is 1. The lowest BCUT2D eigenvalue weighted by molar-refractivity contribution is -0.150. The normalized spacial score (nSPS) is 15.7. The first kappa shape index (κ1) is 24.5. The number of esters is 1. The summed E-state index contributed by atoms with van der Waals surface area (Å²) in [7, 11) is -3.61. The number of thioether (sulfide) groups is 1. The highest BCUT2D eigenvalue weighted by Gasteiger charge is 2.26. The molecule has 0 aromatic heterocycles. The molecule has 0 bridgehead atoms. The van der Waals surface area contributed by atoms with E-state index in [1.165, 1.54) is 47.3 Å². The topological polar surface area (TPSA) is 102 Å². The molecule has 0 spiro atoms. The third-order valence-electron chi connectivity index (χ3n) is 4.58. The van der Waals surface area contributed by atoms with Gasteiger partial charge < -0.3 is 14.8 Å². The van der Waals surface area contributed by atoms with Crippen LogP contribution in [0.5, 0.6) is 0 Å². The van der Waals surface area contributed by atoms with E-state index in [1.54, 1.807) is 24.3 Å². The molecule has 1 aliphatic rings. The summed E-state index contributed by atoms with van der Waals surface area (Å²) in [6.45, 7) is 2.81.